The van der Waals surface area contributed by atoms with Gasteiger partial charge in [0.1, 0.15) is 12.4 Å². The van der Waals surface area contributed by atoms with E-state index >= 15 is 0 Å². The Kier molecular flexibility index (Phi) is 7.26. The van der Waals surface area contributed by atoms with E-state index in [2.05, 4.69) is 37.0 Å². The first-order valence-corrected chi connectivity index (χ1v) is 12.4. The quantitative estimate of drug-likeness (QED) is 0.335. The van der Waals surface area contributed by atoms with Gasteiger partial charge in [-0.1, -0.05) is 17.9 Å². The van der Waals surface area contributed by atoms with Crippen LogP contribution in [0.4, 0.5) is 18.9 Å². The highest BCUT2D eigenvalue weighted by atomic mass is 19.4. The van der Waals surface area contributed by atoms with Crippen LogP contribution in [0.2, 0.25) is 0 Å². The molecule has 5 rings (SSSR count). The molecule has 4 aromatic rings. The first-order chi connectivity index (χ1) is 18.7. The lowest BCUT2D eigenvalue weighted by Gasteiger charge is -2.20. The number of rotatable bonds is 5. The molecule has 2 aromatic carbocycles. The normalized spacial score (nSPS) is 15.7. The van der Waals surface area contributed by atoms with Crippen molar-refractivity contribution in [2.45, 2.75) is 32.0 Å². The van der Waals surface area contributed by atoms with Gasteiger partial charge < -0.3 is 19.9 Å². The molecule has 1 amide bonds. The summed E-state index contributed by atoms with van der Waals surface area (Å²) >= 11 is 0. The number of likely N-dealkylation sites (N-methyl/N-ethyl adjacent to an activating group) is 1. The maximum atomic E-state index is 13.6. The first-order valence-electron chi connectivity index (χ1n) is 12.4. The summed E-state index contributed by atoms with van der Waals surface area (Å²) in [6.07, 6.45) is 0.512. The maximum Gasteiger partial charge on any atom is 0.416 e. The summed E-state index contributed by atoms with van der Waals surface area (Å²) in [4.78, 5) is 26.5. The number of ether oxygens (including phenoxy) is 1. The number of aryl methyl sites for hydroxylation is 1. The van der Waals surface area contributed by atoms with E-state index in [0.29, 0.717) is 16.8 Å². The number of halogens is 3. The lowest BCUT2D eigenvalue weighted by molar-refractivity contribution is -0.137. The Labute approximate surface area is 223 Å². The average Bonchev–Trinajstić information content (AvgIpc) is 3.54. The second-order valence-electron chi connectivity index (χ2n) is 9.56. The van der Waals surface area contributed by atoms with E-state index in [-0.39, 0.29) is 29.6 Å². The highest BCUT2D eigenvalue weighted by Gasteiger charge is 2.32. The molecule has 7 nitrogen and oxygen atoms in total. The van der Waals surface area contributed by atoms with E-state index < -0.39 is 17.6 Å². The summed E-state index contributed by atoms with van der Waals surface area (Å²) in [5.41, 5.74) is 2.84. The van der Waals surface area contributed by atoms with Crippen LogP contribution in [0.5, 0.6) is 5.75 Å². The lowest BCUT2D eigenvalue weighted by atomic mass is 10.0. The minimum atomic E-state index is -4.59. The molecule has 0 aliphatic carbocycles. The molecule has 1 saturated heterocycles. The third-order valence-corrected chi connectivity index (χ3v) is 6.72. The number of aromatic nitrogens is 3. The lowest BCUT2D eigenvalue weighted by Crippen LogP contribution is -2.30. The standard InChI is InChI=1S/C29H26F3N5O2/c1-18-5-7-21(11-20(18)8-6-19-10-26-27(33-15-19)35-17-34-26)28(38)36-23-12-22(29(30,31)32)13-25(14-23)39-16-24-4-3-9-37(24)2/h5,7,10-15,17,24H,3-4,9,16H2,1-2H3,(H,36,38)(H,33,34,35). The molecule has 1 atom stereocenters. The SMILES string of the molecule is Cc1ccc(C(=O)Nc2cc(OCC3CCCN3C)cc(C(F)(F)F)c2)cc1C#Cc1cnc2nc[nH]c2c1. The number of hydrogen-bond acceptors (Lipinski definition) is 5. The Balaban J connectivity index is 1.35. The van der Waals surface area contributed by atoms with Crippen molar-refractivity contribution in [3.05, 3.63) is 82.8 Å². The van der Waals surface area contributed by atoms with Crippen molar-refractivity contribution in [3.8, 4) is 17.6 Å². The van der Waals surface area contributed by atoms with Crippen LogP contribution < -0.4 is 10.1 Å². The number of fused-ring (bicyclic) bond motifs is 1. The van der Waals surface area contributed by atoms with Gasteiger partial charge >= 0.3 is 6.18 Å². The van der Waals surface area contributed by atoms with E-state index in [1.165, 1.54) is 6.07 Å². The third-order valence-electron chi connectivity index (χ3n) is 6.72. The molecule has 0 bridgehead atoms. The Morgan fingerprint density at radius 3 is 2.79 bits per heavy atom. The van der Waals surface area contributed by atoms with Crippen molar-refractivity contribution in [1.82, 2.24) is 19.9 Å². The number of anilines is 1. The van der Waals surface area contributed by atoms with Gasteiger partial charge in [0.05, 0.1) is 17.4 Å². The fourth-order valence-electron chi connectivity index (χ4n) is 4.44. The molecule has 2 N–H and O–H groups in total. The van der Waals surface area contributed by atoms with Crippen LogP contribution in [0.25, 0.3) is 11.2 Å². The number of carbonyl (C=O) groups excluding carboxylic acids is 1. The molecule has 0 spiro atoms. The van der Waals surface area contributed by atoms with Gasteiger partial charge in [-0.15, -0.1) is 0 Å². The molecule has 0 radical (unpaired) electrons. The first kappa shape index (κ1) is 26.3. The number of benzene rings is 2. The zero-order valence-electron chi connectivity index (χ0n) is 21.4. The predicted molar refractivity (Wildman–Crippen MR) is 142 cm³/mol. The summed E-state index contributed by atoms with van der Waals surface area (Å²) in [5, 5.41) is 2.59. The molecule has 2 aromatic heterocycles. The monoisotopic (exact) mass is 533 g/mol. The summed E-state index contributed by atoms with van der Waals surface area (Å²) in [5.74, 6) is 5.59. The predicted octanol–water partition coefficient (Wildman–Crippen LogP) is 5.41. The average molecular weight is 534 g/mol. The fourth-order valence-corrected chi connectivity index (χ4v) is 4.44. The highest BCUT2D eigenvalue weighted by molar-refractivity contribution is 6.04. The van der Waals surface area contributed by atoms with Gasteiger partial charge in [-0.3, -0.25) is 4.79 Å². The van der Waals surface area contributed by atoms with E-state index in [1.54, 1.807) is 30.7 Å². The topological polar surface area (TPSA) is 83.1 Å². The number of nitrogens with zero attached hydrogens (tertiary/aromatic N) is 3. The number of nitrogens with one attached hydrogen (secondary N) is 2. The molecule has 1 aliphatic rings. The summed E-state index contributed by atoms with van der Waals surface area (Å²) in [7, 11) is 1.97. The van der Waals surface area contributed by atoms with E-state index in [0.717, 1.165) is 42.6 Å². The van der Waals surface area contributed by atoms with Gasteiger partial charge in [0.15, 0.2) is 5.65 Å². The summed E-state index contributed by atoms with van der Waals surface area (Å²) in [6, 6.07) is 10.2. The fraction of sp³-hybridized carbons (Fsp3) is 0.276. The van der Waals surface area contributed by atoms with Gasteiger partial charge in [-0.2, -0.15) is 13.2 Å². The van der Waals surface area contributed by atoms with Gasteiger partial charge in [0, 0.05) is 40.7 Å². The van der Waals surface area contributed by atoms with Crippen molar-refractivity contribution in [3.63, 3.8) is 0 Å². The molecule has 1 aliphatic heterocycles. The smallest absolute Gasteiger partial charge is 0.416 e. The van der Waals surface area contributed by atoms with E-state index in [4.69, 9.17) is 4.74 Å². The number of imidazole rings is 1. The number of amides is 1. The van der Waals surface area contributed by atoms with Crippen molar-refractivity contribution in [2.24, 2.45) is 0 Å². The molecular weight excluding hydrogens is 507 g/mol. The highest BCUT2D eigenvalue weighted by Crippen LogP contribution is 2.34. The van der Waals surface area contributed by atoms with Crippen LogP contribution in [0.3, 0.4) is 0 Å². The summed E-state index contributed by atoms with van der Waals surface area (Å²) in [6.45, 7) is 3.06. The Morgan fingerprint density at radius 1 is 1.18 bits per heavy atom. The second kappa shape index (κ2) is 10.8. The molecule has 200 valence electrons. The maximum absolute atomic E-state index is 13.6. The van der Waals surface area contributed by atoms with Crippen LogP contribution in [0.1, 0.15) is 45.5 Å². The van der Waals surface area contributed by atoms with Crippen LogP contribution in [0.15, 0.2) is 55.0 Å². The zero-order chi connectivity index (χ0) is 27.6. The Hall–Kier alpha value is -4.36. The molecule has 0 saturated carbocycles. The molecular formula is C29H26F3N5O2. The van der Waals surface area contributed by atoms with Crippen LogP contribution in [0, 0.1) is 18.8 Å². The Morgan fingerprint density at radius 2 is 2.03 bits per heavy atom. The number of likely N-dealkylation sites (tertiary alicyclic amines) is 1. The van der Waals surface area contributed by atoms with Gasteiger partial charge in [-0.05, 0) is 69.3 Å². The van der Waals surface area contributed by atoms with Gasteiger partial charge in [0.25, 0.3) is 5.91 Å². The van der Waals surface area contributed by atoms with Crippen molar-refractivity contribution >= 4 is 22.8 Å². The second-order valence-corrected chi connectivity index (χ2v) is 9.56. The van der Waals surface area contributed by atoms with Crippen LogP contribution >= 0.6 is 0 Å². The molecule has 39 heavy (non-hydrogen) atoms. The van der Waals surface area contributed by atoms with Crippen LogP contribution in [-0.2, 0) is 6.18 Å². The number of pyridine rings is 1. The molecule has 1 unspecified atom stereocenters. The van der Waals surface area contributed by atoms with Gasteiger partial charge in [-0.25, -0.2) is 9.97 Å². The minimum Gasteiger partial charge on any atom is -0.492 e. The molecule has 3 heterocycles. The van der Waals surface area contributed by atoms with Crippen molar-refractivity contribution < 1.29 is 22.7 Å². The number of alkyl halides is 3. The van der Waals surface area contributed by atoms with E-state index in [1.807, 2.05) is 20.0 Å². The number of carbonyl (C=O) groups is 1. The van der Waals surface area contributed by atoms with Crippen molar-refractivity contribution in [2.75, 3.05) is 25.5 Å². The number of H-pyrrole nitrogens is 1. The van der Waals surface area contributed by atoms with Crippen molar-refractivity contribution in [1.29, 1.82) is 0 Å². The van der Waals surface area contributed by atoms with Gasteiger partial charge in [0.2, 0.25) is 0 Å². The van der Waals surface area contributed by atoms with Crippen LogP contribution in [-0.4, -0.2) is 52.0 Å². The largest absolute Gasteiger partial charge is 0.492 e. The zero-order valence-corrected chi connectivity index (χ0v) is 21.4. The molecule has 1 fully saturated rings. The Bertz CT molecular complexity index is 1590. The number of aromatic amines is 1. The number of hydrogen-bond donors (Lipinski definition) is 2. The van der Waals surface area contributed by atoms with E-state index in [9.17, 15) is 18.0 Å². The molecule has 10 heteroatoms. The summed E-state index contributed by atoms with van der Waals surface area (Å²) < 4.78 is 46.5. The third kappa shape index (κ3) is 6.21. The minimum absolute atomic E-state index is 0.00301.